The topological polar surface area (TPSA) is 29.5 Å². The predicted molar refractivity (Wildman–Crippen MR) is 147 cm³/mol. The molecule has 0 N–H and O–H groups in total. The molecule has 0 radical (unpaired) electrons. The van der Waals surface area contributed by atoms with Crippen LogP contribution in [-0.2, 0) is 9.53 Å². The lowest BCUT2D eigenvalue weighted by atomic mass is 10.1. The van der Waals surface area contributed by atoms with E-state index in [1.54, 1.807) is 0 Å². The first kappa shape index (κ1) is 37.1. The summed E-state index contributed by atoms with van der Waals surface area (Å²) in [4.78, 5) is 14.0. The number of alkyl halides is 5. The Bertz CT molecular complexity index is 519. The molecule has 8 heteroatoms. The second-order valence-electron chi connectivity index (χ2n) is 10.8. The highest BCUT2D eigenvalue weighted by Crippen LogP contribution is 2.35. The van der Waals surface area contributed by atoms with E-state index < -0.39 is 24.7 Å². The van der Waals surface area contributed by atoms with E-state index in [1.165, 1.54) is 103 Å². The molecule has 0 heterocycles. The first-order chi connectivity index (χ1) is 18.1. The molecular formula is C30H56F5NO2. The van der Waals surface area contributed by atoms with Crippen molar-refractivity contribution < 1.29 is 31.5 Å². The molecule has 0 aromatic rings. The molecule has 0 bridgehead atoms. The second-order valence-corrected chi connectivity index (χ2v) is 10.8. The van der Waals surface area contributed by atoms with Crippen molar-refractivity contribution >= 4 is 5.97 Å². The van der Waals surface area contributed by atoms with Crippen molar-refractivity contribution in [2.24, 2.45) is 0 Å². The number of nitrogens with zero attached hydrogens (tertiary/aromatic N) is 1. The predicted octanol–water partition coefficient (Wildman–Crippen LogP) is 10.3. The van der Waals surface area contributed by atoms with Crippen molar-refractivity contribution in [2.45, 2.75) is 161 Å². The highest BCUT2D eigenvalue weighted by Gasteiger charge is 2.58. The van der Waals surface area contributed by atoms with Crippen molar-refractivity contribution in [3.05, 3.63) is 0 Å². The minimum atomic E-state index is -5.72. The quantitative estimate of drug-likeness (QED) is 0.0572. The largest absolute Gasteiger partial charge is 0.459 e. The number of carbonyl (C=O) groups excluding carboxylic acids is 1. The Morgan fingerprint density at radius 2 is 0.895 bits per heavy atom. The normalized spacial score (nSPS) is 12.4. The maximum Gasteiger partial charge on any atom is 0.456 e. The smallest absolute Gasteiger partial charge is 0.456 e. The number of hydrogen-bond donors (Lipinski definition) is 0. The maximum atomic E-state index is 13.0. The van der Waals surface area contributed by atoms with E-state index in [9.17, 15) is 26.7 Å². The van der Waals surface area contributed by atoms with E-state index in [4.69, 9.17) is 0 Å². The fourth-order valence-electron chi connectivity index (χ4n) is 4.56. The maximum absolute atomic E-state index is 13.0. The number of halogens is 5. The van der Waals surface area contributed by atoms with Gasteiger partial charge in [0.15, 0.2) is 6.61 Å². The summed E-state index contributed by atoms with van der Waals surface area (Å²) in [6, 6.07) is 0. The van der Waals surface area contributed by atoms with E-state index in [0.29, 0.717) is 6.54 Å². The van der Waals surface area contributed by atoms with Crippen LogP contribution in [0.25, 0.3) is 0 Å². The molecule has 3 nitrogen and oxygen atoms in total. The Kier molecular flexibility index (Phi) is 23.3. The standard InChI is InChI=1S/C30H56F5NO2/c1-3-5-7-9-11-13-15-17-19-21-24-36(25-22-20-18-16-14-12-10-8-6-4-2)26-23-28(37)38-27-29(31,32)30(33,34)35/h3-27H2,1-2H3. The zero-order chi connectivity index (χ0) is 28.5. The van der Waals surface area contributed by atoms with Crippen molar-refractivity contribution in [2.75, 3.05) is 26.2 Å². The van der Waals surface area contributed by atoms with E-state index >= 15 is 0 Å². The molecule has 0 unspecified atom stereocenters. The van der Waals surface area contributed by atoms with Crippen LogP contribution < -0.4 is 0 Å². The number of carbonyl (C=O) groups is 1. The number of esters is 1. The van der Waals surface area contributed by atoms with Crippen LogP contribution in [0.5, 0.6) is 0 Å². The lowest BCUT2D eigenvalue weighted by molar-refractivity contribution is -0.294. The van der Waals surface area contributed by atoms with Gasteiger partial charge >= 0.3 is 18.1 Å². The van der Waals surface area contributed by atoms with Crippen LogP contribution in [0.15, 0.2) is 0 Å². The third kappa shape index (κ3) is 22.0. The molecule has 0 aliphatic heterocycles. The van der Waals surface area contributed by atoms with E-state index in [0.717, 1.165) is 38.8 Å². The Labute approximate surface area is 229 Å². The van der Waals surface area contributed by atoms with Crippen LogP contribution in [0.2, 0.25) is 0 Å². The summed E-state index contributed by atoms with van der Waals surface area (Å²) in [7, 11) is 0. The van der Waals surface area contributed by atoms with Gasteiger partial charge in [-0.05, 0) is 25.9 Å². The molecule has 0 atom stereocenters. The molecule has 0 aliphatic rings. The van der Waals surface area contributed by atoms with Crippen LogP contribution in [-0.4, -0.2) is 49.2 Å². The van der Waals surface area contributed by atoms with Crippen LogP contribution in [0.4, 0.5) is 22.0 Å². The molecule has 0 rings (SSSR count). The Hall–Kier alpha value is -0.920. The Morgan fingerprint density at radius 1 is 0.553 bits per heavy atom. The summed E-state index contributed by atoms with van der Waals surface area (Å²) >= 11 is 0. The zero-order valence-electron chi connectivity index (χ0n) is 24.3. The molecule has 0 amide bonds. The van der Waals surface area contributed by atoms with Gasteiger partial charge in [-0.15, -0.1) is 0 Å². The molecule has 0 aromatic heterocycles. The number of unbranched alkanes of at least 4 members (excludes halogenated alkanes) is 18. The second kappa shape index (κ2) is 23.9. The van der Waals surface area contributed by atoms with Crippen LogP contribution >= 0.6 is 0 Å². The van der Waals surface area contributed by atoms with Gasteiger partial charge in [0.1, 0.15) is 0 Å². The number of ether oxygens (including phenoxy) is 1. The minimum absolute atomic E-state index is 0.177. The lowest BCUT2D eigenvalue weighted by Crippen LogP contribution is -2.41. The van der Waals surface area contributed by atoms with Crippen LogP contribution in [0, 0.1) is 0 Å². The summed E-state index contributed by atoms with van der Waals surface area (Å²) < 4.78 is 67.2. The minimum Gasteiger partial charge on any atom is -0.459 e. The molecule has 0 aliphatic carbocycles. The number of rotatable bonds is 27. The highest BCUT2D eigenvalue weighted by molar-refractivity contribution is 5.69. The van der Waals surface area contributed by atoms with Gasteiger partial charge in [-0.2, -0.15) is 22.0 Å². The fourth-order valence-corrected chi connectivity index (χ4v) is 4.56. The summed E-state index contributed by atoms with van der Waals surface area (Å²) in [5.74, 6) is -6.03. The molecule has 0 saturated heterocycles. The first-order valence-electron chi connectivity index (χ1n) is 15.5. The lowest BCUT2D eigenvalue weighted by Gasteiger charge is -2.23. The van der Waals surface area contributed by atoms with E-state index in [1.807, 2.05) is 0 Å². The molecule has 0 aromatic carbocycles. The number of hydrogen-bond acceptors (Lipinski definition) is 3. The van der Waals surface area contributed by atoms with Gasteiger partial charge in [-0.3, -0.25) is 4.79 Å². The average Bonchev–Trinajstić information content (AvgIpc) is 2.87. The monoisotopic (exact) mass is 557 g/mol. The average molecular weight is 558 g/mol. The van der Waals surface area contributed by atoms with Gasteiger partial charge in [0.05, 0.1) is 6.42 Å². The molecule has 228 valence electrons. The van der Waals surface area contributed by atoms with Crippen molar-refractivity contribution in [1.82, 2.24) is 4.90 Å². The van der Waals surface area contributed by atoms with Gasteiger partial charge in [-0.25, -0.2) is 0 Å². The van der Waals surface area contributed by atoms with E-state index in [2.05, 4.69) is 23.5 Å². The van der Waals surface area contributed by atoms with Crippen molar-refractivity contribution in [3.63, 3.8) is 0 Å². The van der Waals surface area contributed by atoms with Crippen molar-refractivity contribution in [1.29, 1.82) is 0 Å². The molecule has 0 fully saturated rings. The third-order valence-corrected chi connectivity index (χ3v) is 7.12. The summed E-state index contributed by atoms with van der Waals surface area (Å²) in [5, 5.41) is 0. The van der Waals surface area contributed by atoms with Gasteiger partial charge in [0.25, 0.3) is 0 Å². The van der Waals surface area contributed by atoms with Gasteiger partial charge < -0.3 is 9.64 Å². The summed E-state index contributed by atoms with van der Waals surface area (Å²) in [6.07, 6.45) is 18.6. The van der Waals surface area contributed by atoms with Crippen molar-refractivity contribution in [3.8, 4) is 0 Å². The fraction of sp³-hybridized carbons (Fsp3) is 0.967. The first-order valence-corrected chi connectivity index (χ1v) is 15.5. The van der Waals surface area contributed by atoms with Gasteiger partial charge in [-0.1, -0.05) is 129 Å². The Balaban J connectivity index is 4.25. The van der Waals surface area contributed by atoms with E-state index in [-0.39, 0.29) is 6.42 Å². The molecular weight excluding hydrogens is 501 g/mol. The van der Waals surface area contributed by atoms with Gasteiger partial charge in [0, 0.05) is 6.54 Å². The third-order valence-electron chi connectivity index (χ3n) is 7.12. The Morgan fingerprint density at radius 3 is 1.24 bits per heavy atom. The van der Waals surface area contributed by atoms with Gasteiger partial charge in [0.2, 0.25) is 0 Å². The summed E-state index contributed by atoms with van der Waals surface area (Å²) in [5.41, 5.74) is 0. The highest BCUT2D eigenvalue weighted by atomic mass is 19.4. The zero-order valence-corrected chi connectivity index (χ0v) is 24.3. The van der Waals surface area contributed by atoms with Crippen LogP contribution in [0.3, 0.4) is 0 Å². The SMILES string of the molecule is CCCCCCCCCCCCN(CCCCCCCCCCCC)CCC(=O)OCC(F)(F)C(F)(F)F. The molecule has 0 spiro atoms. The molecule has 38 heavy (non-hydrogen) atoms. The molecule has 0 saturated carbocycles. The van der Waals surface area contributed by atoms with Crippen LogP contribution in [0.1, 0.15) is 149 Å². The summed E-state index contributed by atoms with van der Waals surface area (Å²) in [6.45, 7) is 4.42.